The van der Waals surface area contributed by atoms with Gasteiger partial charge >= 0.3 is 0 Å². The van der Waals surface area contributed by atoms with E-state index in [0.29, 0.717) is 19.1 Å². The minimum absolute atomic E-state index is 0. The van der Waals surface area contributed by atoms with Gasteiger partial charge in [-0.15, -0.1) is 24.0 Å². The summed E-state index contributed by atoms with van der Waals surface area (Å²) in [4.78, 5) is 15.7. The normalized spacial score (nSPS) is 11.4. The van der Waals surface area contributed by atoms with Gasteiger partial charge < -0.3 is 21.1 Å². The average Bonchev–Trinajstić information content (AvgIpc) is 2.53. The van der Waals surface area contributed by atoms with Gasteiger partial charge in [0.15, 0.2) is 5.96 Å². The summed E-state index contributed by atoms with van der Waals surface area (Å²) in [6.45, 7) is 8.03. The summed E-state index contributed by atoms with van der Waals surface area (Å²) in [5.74, 6) is 1.20. The molecule has 1 rings (SSSR count). The molecule has 0 heterocycles. The van der Waals surface area contributed by atoms with E-state index < -0.39 is 5.41 Å². The number of ether oxygens (including phenoxy) is 1. The number of nitrogens with zero attached hydrogens (tertiary/aromatic N) is 1. The van der Waals surface area contributed by atoms with Gasteiger partial charge in [-0.1, -0.05) is 18.2 Å². The third kappa shape index (κ3) is 8.95. The zero-order chi connectivity index (χ0) is 17.1. The van der Waals surface area contributed by atoms with Gasteiger partial charge in [-0.05, 0) is 39.3 Å². The van der Waals surface area contributed by atoms with Gasteiger partial charge in [0.2, 0.25) is 5.91 Å². The largest absolute Gasteiger partial charge is 0.494 e. The summed E-state index contributed by atoms with van der Waals surface area (Å²) in [7, 11) is 0. The zero-order valence-corrected chi connectivity index (χ0v) is 17.0. The number of rotatable bonds is 9. The lowest BCUT2D eigenvalue weighted by molar-refractivity contribution is -0.125. The number of benzene rings is 1. The van der Waals surface area contributed by atoms with Crippen molar-refractivity contribution in [3.63, 3.8) is 0 Å². The van der Waals surface area contributed by atoms with Crippen LogP contribution in [0.2, 0.25) is 0 Å². The van der Waals surface area contributed by atoms with Crippen molar-refractivity contribution >= 4 is 35.8 Å². The van der Waals surface area contributed by atoms with Crippen molar-refractivity contribution in [2.24, 2.45) is 16.1 Å². The topological polar surface area (TPSA) is 88.7 Å². The first-order valence-corrected chi connectivity index (χ1v) is 7.95. The van der Waals surface area contributed by atoms with Crippen molar-refractivity contribution in [3.8, 4) is 5.75 Å². The Bertz CT molecular complexity index is 507. The molecule has 0 saturated heterocycles. The van der Waals surface area contributed by atoms with Gasteiger partial charge in [-0.25, -0.2) is 0 Å². The van der Waals surface area contributed by atoms with Crippen molar-refractivity contribution in [1.29, 1.82) is 0 Å². The van der Waals surface area contributed by atoms with Crippen LogP contribution >= 0.6 is 24.0 Å². The highest BCUT2D eigenvalue weighted by Crippen LogP contribution is 2.13. The molecule has 0 aromatic heterocycles. The molecular formula is C17H29IN4O2. The van der Waals surface area contributed by atoms with Crippen LogP contribution in [0.25, 0.3) is 0 Å². The number of nitrogens with one attached hydrogen (secondary N) is 2. The highest BCUT2D eigenvalue weighted by atomic mass is 127. The van der Waals surface area contributed by atoms with Crippen LogP contribution in [0.3, 0.4) is 0 Å². The molecule has 0 bridgehead atoms. The molecule has 0 unspecified atom stereocenters. The monoisotopic (exact) mass is 448 g/mol. The second-order valence-electron chi connectivity index (χ2n) is 5.89. The SMILES string of the molecule is CCNC(=NCC(C)(C)C(N)=O)NCCCOc1ccccc1.I. The van der Waals surface area contributed by atoms with E-state index in [4.69, 9.17) is 10.5 Å². The van der Waals surface area contributed by atoms with Gasteiger partial charge in [0.1, 0.15) is 5.75 Å². The number of halogens is 1. The van der Waals surface area contributed by atoms with Crippen molar-refractivity contribution in [2.45, 2.75) is 27.2 Å². The van der Waals surface area contributed by atoms with Gasteiger partial charge in [0.25, 0.3) is 0 Å². The number of guanidine groups is 1. The number of para-hydroxylation sites is 1. The van der Waals surface area contributed by atoms with Crippen molar-refractivity contribution < 1.29 is 9.53 Å². The van der Waals surface area contributed by atoms with Crippen LogP contribution in [0, 0.1) is 5.41 Å². The fourth-order valence-electron chi connectivity index (χ4n) is 1.68. The number of carbonyl (C=O) groups excluding carboxylic acids is 1. The Morgan fingerprint density at radius 2 is 1.92 bits per heavy atom. The Morgan fingerprint density at radius 1 is 1.25 bits per heavy atom. The summed E-state index contributed by atoms with van der Waals surface area (Å²) < 4.78 is 5.63. The second-order valence-corrected chi connectivity index (χ2v) is 5.89. The van der Waals surface area contributed by atoms with Crippen LogP contribution in [0.5, 0.6) is 5.75 Å². The number of amides is 1. The Morgan fingerprint density at radius 3 is 2.50 bits per heavy atom. The molecule has 6 nitrogen and oxygen atoms in total. The van der Waals surface area contributed by atoms with Crippen LogP contribution in [-0.2, 0) is 4.79 Å². The van der Waals surface area contributed by atoms with Crippen molar-refractivity contribution in [2.75, 3.05) is 26.2 Å². The van der Waals surface area contributed by atoms with Crippen LogP contribution in [0.4, 0.5) is 0 Å². The standard InChI is InChI=1S/C17H28N4O2.HI/c1-4-19-16(21-13-17(2,3)15(18)22)20-11-8-12-23-14-9-6-5-7-10-14;/h5-7,9-10H,4,8,11-13H2,1-3H3,(H2,18,22)(H2,19,20,21);1H. The van der Waals surface area contributed by atoms with E-state index in [1.54, 1.807) is 13.8 Å². The van der Waals surface area contributed by atoms with E-state index in [2.05, 4.69) is 15.6 Å². The van der Waals surface area contributed by atoms with Gasteiger partial charge in [-0.3, -0.25) is 9.79 Å². The fraction of sp³-hybridized carbons (Fsp3) is 0.529. The van der Waals surface area contributed by atoms with Crippen LogP contribution in [0.15, 0.2) is 35.3 Å². The van der Waals surface area contributed by atoms with Crippen molar-refractivity contribution in [1.82, 2.24) is 10.6 Å². The average molecular weight is 448 g/mol. The van der Waals surface area contributed by atoms with E-state index >= 15 is 0 Å². The number of hydrogen-bond donors (Lipinski definition) is 3. The summed E-state index contributed by atoms with van der Waals surface area (Å²) in [5, 5.41) is 6.37. The number of primary amides is 1. The maximum Gasteiger partial charge on any atom is 0.224 e. The van der Waals surface area contributed by atoms with Crippen LogP contribution < -0.4 is 21.1 Å². The summed E-state index contributed by atoms with van der Waals surface area (Å²) in [6.07, 6.45) is 0.846. The molecule has 0 saturated carbocycles. The van der Waals surface area contributed by atoms with E-state index in [1.165, 1.54) is 0 Å². The first-order chi connectivity index (χ1) is 11.0. The van der Waals surface area contributed by atoms with Gasteiger partial charge in [0.05, 0.1) is 18.6 Å². The number of nitrogens with two attached hydrogens (primary N) is 1. The molecule has 1 aromatic rings. The quantitative estimate of drug-likeness (QED) is 0.234. The van der Waals surface area contributed by atoms with Gasteiger partial charge in [0, 0.05) is 13.1 Å². The molecule has 0 aliphatic rings. The third-order valence-corrected chi connectivity index (χ3v) is 3.27. The van der Waals surface area contributed by atoms with E-state index in [-0.39, 0.29) is 29.9 Å². The Labute approximate surface area is 161 Å². The van der Waals surface area contributed by atoms with E-state index in [0.717, 1.165) is 25.3 Å². The molecule has 1 aromatic carbocycles. The molecule has 0 fully saturated rings. The molecule has 136 valence electrons. The lowest BCUT2D eigenvalue weighted by Gasteiger charge is -2.19. The minimum Gasteiger partial charge on any atom is -0.494 e. The Kier molecular flexibility index (Phi) is 11.2. The molecule has 1 amide bonds. The maximum atomic E-state index is 11.3. The first-order valence-electron chi connectivity index (χ1n) is 7.95. The lowest BCUT2D eigenvalue weighted by atomic mass is 9.93. The molecule has 24 heavy (non-hydrogen) atoms. The highest BCUT2D eigenvalue weighted by molar-refractivity contribution is 14.0. The Hall–Kier alpha value is -1.51. The van der Waals surface area contributed by atoms with Crippen LogP contribution in [0.1, 0.15) is 27.2 Å². The Balaban J connectivity index is 0.00000529. The molecular weight excluding hydrogens is 419 g/mol. The maximum absolute atomic E-state index is 11.3. The smallest absolute Gasteiger partial charge is 0.224 e. The summed E-state index contributed by atoms with van der Waals surface area (Å²) in [5.41, 5.74) is 4.71. The predicted octanol–water partition coefficient (Wildman–Crippen LogP) is 2.14. The molecule has 4 N–H and O–H groups in total. The van der Waals surface area contributed by atoms with Crippen molar-refractivity contribution in [3.05, 3.63) is 30.3 Å². The number of hydrogen-bond acceptors (Lipinski definition) is 3. The molecule has 0 atom stereocenters. The minimum atomic E-state index is -0.654. The number of aliphatic imine (C=N–C) groups is 1. The fourth-order valence-corrected chi connectivity index (χ4v) is 1.68. The molecule has 0 radical (unpaired) electrons. The molecule has 7 heteroatoms. The first kappa shape index (κ1) is 22.5. The molecule has 0 aliphatic heterocycles. The summed E-state index contributed by atoms with van der Waals surface area (Å²) >= 11 is 0. The second kappa shape index (κ2) is 11.9. The van der Waals surface area contributed by atoms with Gasteiger partial charge in [-0.2, -0.15) is 0 Å². The van der Waals surface area contributed by atoms with E-state index in [1.807, 2.05) is 37.3 Å². The predicted molar refractivity (Wildman–Crippen MR) is 109 cm³/mol. The zero-order valence-electron chi connectivity index (χ0n) is 14.7. The van der Waals surface area contributed by atoms with Crippen LogP contribution in [-0.4, -0.2) is 38.1 Å². The highest BCUT2D eigenvalue weighted by Gasteiger charge is 2.24. The number of carbonyl (C=O) groups is 1. The lowest BCUT2D eigenvalue weighted by Crippen LogP contribution is -2.40. The van der Waals surface area contributed by atoms with E-state index in [9.17, 15) is 4.79 Å². The summed E-state index contributed by atoms with van der Waals surface area (Å²) in [6, 6.07) is 9.73. The molecule has 0 aliphatic carbocycles. The third-order valence-electron chi connectivity index (χ3n) is 3.27. The molecule has 0 spiro atoms.